The van der Waals surface area contributed by atoms with Crippen LogP contribution in [-0.4, -0.2) is 37.1 Å². The molecule has 0 spiro atoms. The number of rotatable bonds is 4. The first-order valence-electron chi connectivity index (χ1n) is 12.8. The molecule has 29 heavy (non-hydrogen) atoms. The van der Waals surface area contributed by atoms with Crippen molar-refractivity contribution in [2.24, 2.45) is 17.7 Å². The van der Waals surface area contributed by atoms with Crippen LogP contribution in [0.5, 0.6) is 0 Å². The zero-order valence-electron chi connectivity index (χ0n) is 22.6. The number of nitrogens with zero attached hydrogens (tertiary/aromatic N) is 3. The lowest BCUT2D eigenvalue weighted by molar-refractivity contribution is -0.148. The second-order valence-electron chi connectivity index (χ2n) is 6.57. The lowest BCUT2D eigenvalue weighted by atomic mass is 9.61. The minimum absolute atomic E-state index is 0.172. The third kappa shape index (κ3) is 3.01. The van der Waals surface area contributed by atoms with Crippen LogP contribution in [0.2, 0.25) is 0 Å². The van der Waals surface area contributed by atoms with Gasteiger partial charge in [0.1, 0.15) is 11.5 Å². The molecule has 3 fully saturated rings. The van der Waals surface area contributed by atoms with E-state index in [2.05, 4.69) is 25.3 Å². The van der Waals surface area contributed by atoms with Gasteiger partial charge in [-0.25, -0.2) is 23.7 Å². The van der Waals surface area contributed by atoms with Gasteiger partial charge in [-0.3, -0.25) is 4.79 Å². The number of pyridine rings is 1. The summed E-state index contributed by atoms with van der Waals surface area (Å²) in [6.07, 6.45) is -7.71. The predicted octanol–water partition coefficient (Wildman–Crippen LogP) is 3.60. The van der Waals surface area contributed by atoms with Gasteiger partial charge in [0.2, 0.25) is 0 Å². The minimum Gasteiger partial charge on any atom is -0.481 e. The summed E-state index contributed by atoms with van der Waals surface area (Å²) in [7, 11) is 0. The van der Waals surface area contributed by atoms with Gasteiger partial charge in [0.15, 0.2) is 17.5 Å². The third-order valence-electron chi connectivity index (χ3n) is 4.84. The third-order valence-corrected chi connectivity index (χ3v) is 4.84. The average molecular weight is 407 g/mol. The maximum absolute atomic E-state index is 14.9. The standard InChI is InChI=1S/C20H19F2N5O2/c21-11-5-12-13(7-24-17(12)23-6-11)18-25-8-14(22)19(27-18)26-16-10-3-1-9(2-4-10)15(16)20(28)29/h5-10,15-16H,1-4H2,(H,23,24)(H,28,29)(H,25,26,27)/t9?,10-,15-,16-/m0/s1/i1D,2D2,3D,4D2,9D,10D/t1?,3?,9?,10-,15-,16-. The molecule has 3 unspecified atom stereocenters. The second-order valence-corrected chi connectivity index (χ2v) is 6.57. The number of nitrogens with one attached hydrogen (secondary N) is 2. The van der Waals surface area contributed by atoms with E-state index in [-0.39, 0.29) is 22.4 Å². The lowest BCUT2D eigenvalue weighted by Crippen LogP contribution is -2.51. The van der Waals surface area contributed by atoms with Crippen molar-refractivity contribution in [2.45, 2.75) is 31.6 Å². The van der Waals surface area contributed by atoms with Gasteiger partial charge in [0, 0.05) is 34.2 Å². The van der Waals surface area contributed by atoms with Gasteiger partial charge < -0.3 is 15.4 Å². The van der Waals surface area contributed by atoms with Crippen molar-refractivity contribution in [2.75, 3.05) is 5.32 Å². The van der Waals surface area contributed by atoms with Crippen molar-refractivity contribution in [3.05, 3.63) is 36.3 Å². The molecule has 0 radical (unpaired) electrons. The van der Waals surface area contributed by atoms with Gasteiger partial charge >= 0.3 is 5.97 Å². The van der Waals surface area contributed by atoms with Crippen molar-refractivity contribution < 1.29 is 29.6 Å². The van der Waals surface area contributed by atoms with E-state index in [1.54, 1.807) is 0 Å². The van der Waals surface area contributed by atoms with Crippen molar-refractivity contribution in [1.82, 2.24) is 19.9 Å². The Kier molecular flexibility index (Phi) is 2.60. The number of fused-ring (bicyclic) bond motifs is 4. The SMILES string of the molecule is [2H]C1C([2H])[C@]2([2H])[C@H](Nc3nc(-c4c[nH]c5ncc(F)cc45)ncc3F)[C@@H](C(=O)O)C1([2H])C([2H])([2H])C2([2H])[2H]. The zero-order chi connectivity index (χ0) is 27.3. The van der Waals surface area contributed by atoms with Gasteiger partial charge in [-0.1, -0.05) is 0 Å². The first-order chi connectivity index (χ1) is 17.1. The van der Waals surface area contributed by atoms with Crippen molar-refractivity contribution in [3.63, 3.8) is 0 Å². The Labute approximate surface area is 175 Å². The second kappa shape index (κ2) is 6.75. The fourth-order valence-corrected chi connectivity index (χ4v) is 3.47. The van der Waals surface area contributed by atoms with Crippen LogP contribution in [0.4, 0.5) is 14.6 Å². The number of carbonyl (C=O) groups is 1. The quantitative estimate of drug-likeness (QED) is 0.611. The molecule has 6 atom stereocenters. The molecule has 0 saturated heterocycles. The Hall–Kier alpha value is -3.10. The van der Waals surface area contributed by atoms with E-state index in [1.165, 1.54) is 6.20 Å². The fraction of sp³-hybridized carbons (Fsp3) is 0.400. The smallest absolute Gasteiger partial charge is 0.308 e. The molecule has 7 nitrogen and oxygen atoms in total. The number of aliphatic carboxylic acids is 1. The summed E-state index contributed by atoms with van der Waals surface area (Å²) in [5, 5.41) is 12.6. The first kappa shape index (κ1) is 11.2. The highest BCUT2D eigenvalue weighted by molar-refractivity contribution is 5.91. The zero-order valence-corrected chi connectivity index (χ0v) is 14.6. The van der Waals surface area contributed by atoms with E-state index in [1.807, 2.05) is 0 Å². The van der Waals surface area contributed by atoms with E-state index in [9.17, 15) is 18.7 Å². The number of H-pyrrole nitrogens is 1. The molecule has 3 aromatic rings. The maximum atomic E-state index is 14.9. The number of hydrogen-bond donors (Lipinski definition) is 3. The molecule has 3 aromatic heterocycles. The molecule has 6 rings (SSSR count). The Bertz CT molecular complexity index is 1440. The Morgan fingerprint density at radius 3 is 2.90 bits per heavy atom. The molecule has 3 N–H and O–H groups in total. The molecule has 2 bridgehead atoms. The van der Waals surface area contributed by atoms with Crippen LogP contribution in [0.3, 0.4) is 0 Å². The summed E-state index contributed by atoms with van der Waals surface area (Å²) in [5.74, 6) is -12.7. The van der Waals surface area contributed by atoms with Crippen LogP contribution in [0, 0.1) is 29.3 Å². The van der Waals surface area contributed by atoms with E-state index >= 15 is 0 Å². The molecule has 3 aliphatic carbocycles. The van der Waals surface area contributed by atoms with E-state index in [4.69, 9.17) is 11.0 Å². The highest BCUT2D eigenvalue weighted by Gasteiger charge is 2.47. The maximum Gasteiger partial charge on any atom is 0.308 e. The lowest BCUT2D eigenvalue weighted by Gasteiger charge is -2.47. The molecule has 0 amide bonds. The summed E-state index contributed by atoms with van der Waals surface area (Å²) < 4.78 is 96.1. The minimum atomic E-state index is -3.32. The Morgan fingerprint density at radius 1 is 1.28 bits per heavy atom. The van der Waals surface area contributed by atoms with Crippen LogP contribution in [0.25, 0.3) is 22.4 Å². The number of halogens is 2. The van der Waals surface area contributed by atoms with Gasteiger partial charge in [-0.15, -0.1) is 0 Å². The van der Waals surface area contributed by atoms with Crippen LogP contribution in [0.1, 0.15) is 36.5 Å². The molecule has 150 valence electrons. The largest absolute Gasteiger partial charge is 0.481 e. The molecule has 3 saturated carbocycles. The molecule has 0 aliphatic heterocycles. The molecule has 3 aliphatic rings. The van der Waals surface area contributed by atoms with Crippen LogP contribution >= 0.6 is 0 Å². The van der Waals surface area contributed by atoms with Crippen LogP contribution in [-0.2, 0) is 4.79 Å². The van der Waals surface area contributed by atoms with Crippen molar-refractivity contribution >= 4 is 22.8 Å². The molecular weight excluding hydrogens is 380 g/mol. The molecule has 3 heterocycles. The fourth-order valence-electron chi connectivity index (χ4n) is 3.47. The van der Waals surface area contributed by atoms with Gasteiger partial charge in [-0.05, 0) is 43.4 Å². The van der Waals surface area contributed by atoms with E-state index in [0.717, 1.165) is 12.3 Å². The first-order valence-corrected chi connectivity index (χ1v) is 8.60. The predicted molar refractivity (Wildman–Crippen MR) is 101 cm³/mol. The van der Waals surface area contributed by atoms with Crippen LogP contribution in [0.15, 0.2) is 24.7 Å². The topological polar surface area (TPSA) is 104 Å². The number of carboxylic acid groups (broad SMARTS) is 1. The number of aromatic nitrogens is 4. The van der Waals surface area contributed by atoms with Gasteiger partial charge in [0.05, 0.1) is 18.3 Å². The number of hydrogen-bond acceptors (Lipinski definition) is 5. The average Bonchev–Trinajstić information content (AvgIpc) is 3.24. The van der Waals surface area contributed by atoms with Crippen LogP contribution < -0.4 is 5.32 Å². The van der Waals surface area contributed by atoms with E-state index in [0.29, 0.717) is 6.20 Å². The highest BCUT2D eigenvalue weighted by atomic mass is 19.1. The summed E-state index contributed by atoms with van der Waals surface area (Å²) in [6, 6.07) is -0.905. The number of aromatic amines is 1. The summed E-state index contributed by atoms with van der Waals surface area (Å²) in [4.78, 5) is 26.8. The summed E-state index contributed by atoms with van der Waals surface area (Å²) >= 11 is 0. The number of anilines is 1. The molecule has 0 aromatic carbocycles. The summed E-state index contributed by atoms with van der Waals surface area (Å²) in [6.45, 7) is 0. The van der Waals surface area contributed by atoms with Crippen molar-refractivity contribution in [3.8, 4) is 11.4 Å². The van der Waals surface area contributed by atoms with Gasteiger partial charge in [0.25, 0.3) is 0 Å². The summed E-state index contributed by atoms with van der Waals surface area (Å²) in [5.41, 5.74) is 0.461. The Balaban J connectivity index is 1.66. The van der Waals surface area contributed by atoms with Gasteiger partial charge in [-0.2, -0.15) is 0 Å². The number of carboxylic acids is 1. The molecular formula is C20H19F2N5O2. The normalized spacial score (nSPS) is 43.7. The monoisotopic (exact) mass is 407 g/mol. The van der Waals surface area contributed by atoms with Crippen molar-refractivity contribution in [1.29, 1.82) is 0 Å². The highest BCUT2D eigenvalue weighted by Crippen LogP contribution is 2.46. The molecule has 9 heteroatoms. The Morgan fingerprint density at radius 2 is 2.07 bits per heavy atom. The van der Waals surface area contributed by atoms with E-state index < -0.39 is 72.7 Å².